The van der Waals surface area contributed by atoms with Crippen LogP contribution in [0.25, 0.3) is 11.6 Å². The molecular weight excluding hydrogens is 228 g/mol. The molecule has 5 heteroatoms. The number of tetrazole rings is 1. The van der Waals surface area contributed by atoms with Crippen LogP contribution in [0, 0.1) is 12.3 Å². The predicted octanol–water partition coefficient (Wildman–Crippen LogP) is 1.24. The zero-order valence-corrected chi connectivity index (χ0v) is 9.58. The number of para-hydroxylation sites is 1. The minimum absolute atomic E-state index is 0.317. The molecular formula is C13H10N4O. The Morgan fingerprint density at radius 2 is 2.28 bits per heavy atom. The monoisotopic (exact) mass is 238 g/mol. The van der Waals surface area contributed by atoms with Gasteiger partial charge in [0.2, 0.25) is 5.82 Å². The van der Waals surface area contributed by atoms with E-state index in [1.807, 2.05) is 30.3 Å². The van der Waals surface area contributed by atoms with Gasteiger partial charge in [-0.3, -0.25) is 0 Å². The third kappa shape index (κ3) is 1.84. The Bertz CT molecular complexity index is 651. The molecule has 88 valence electrons. The number of hydrogen-bond donors (Lipinski definition) is 0. The van der Waals surface area contributed by atoms with Crippen LogP contribution in [0.2, 0.25) is 0 Å². The highest BCUT2D eigenvalue weighted by atomic mass is 16.5. The summed E-state index contributed by atoms with van der Waals surface area (Å²) in [6.45, 7) is 0.760. The Kier molecular flexibility index (Phi) is 2.54. The zero-order chi connectivity index (χ0) is 12.4. The van der Waals surface area contributed by atoms with Crippen molar-refractivity contribution in [3.8, 4) is 18.1 Å². The normalized spacial score (nSPS) is 13.2. The molecule has 0 spiro atoms. The summed E-state index contributed by atoms with van der Waals surface area (Å²) in [5.41, 5.74) is 1.92. The summed E-state index contributed by atoms with van der Waals surface area (Å²) in [4.78, 5) is 1.39. The third-order valence-corrected chi connectivity index (χ3v) is 2.60. The van der Waals surface area contributed by atoms with E-state index < -0.39 is 0 Å². The molecule has 1 aliphatic heterocycles. The lowest BCUT2D eigenvalue weighted by Gasteiger charge is -2.15. The standard InChI is InChI=1S/C13H10N4O/c1-2-7-17-15-13(14-16-17)11-8-10-5-3-4-6-12(10)18-9-11/h1,3-6,8H,7,9H2. The fourth-order valence-electron chi connectivity index (χ4n) is 1.77. The Morgan fingerprint density at radius 1 is 1.39 bits per heavy atom. The molecule has 0 radical (unpaired) electrons. The van der Waals surface area contributed by atoms with Crippen molar-refractivity contribution >= 4 is 11.6 Å². The van der Waals surface area contributed by atoms with Gasteiger partial charge in [-0.25, -0.2) is 0 Å². The molecule has 1 aliphatic rings. The molecule has 0 N–H and O–H groups in total. The Balaban J connectivity index is 1.94. The molecule has 0 saturated heterocycles. The predicted molar refractivity (Wildman–Crippen MR) is 66.5 cm³/mol. The molecule has 0 bridgehead atoms. The van der Waals surface area contributed by atoms with Crippen LogP contribution in [0.4, 0.5) is 0 Å². The van der Waals surface area contributed by atoms with Gasteiger partial charge in [0.25, 0.3) is 0 Å². The first-order valence-corrected chi connectivity index (χ1v) is 5.51. The summed E-state index contributed by atoms with van der Waals surface area (Å²) >= 11 is 0. The first-order chi connectivity index (χ1) is 8.86. The fraction of sp³-hybridized carbons (Fsp3) is 0.154. The zero-order valence-electron chi connectivity index (χ0n) is 9.58. The lowest BCUT2D eigenvalue weighted by atomic mass is 10.1. The van der Waals surface area contributed by atoms with Crippen LogP contribution in [0.1, 0.15) is 11.4 Å². The molecule has 5 nitrogen and oxygen atoms in total. The number of ether oxygens (including phenoxy) is 1. The first kappa shape index (κ1) is 10.5. The summed E-state index contributed by atoms with van der Waals surface area (Å²) in [7, 11) is 0. The van der Waals surface area contributed by atoms with Gasteiger partial charge in [-0.2, -0.15) is 4.80 Å². The van der Waals surface area contributed by atoms with Crippen molar-refractivity contribution in [2.24, 2.45) is 0 Å². The van der Waals surface area contributed by atoms with Crippen molar-refractivity contribution in [2.45, 2.75) is 6.54 Å². The Morgan fingerprint density at radius 3 is 3.17 bits per heavy atom. The largest absolute Gasteiger partial charge is 0.488 e. The van der Waals surface area contributed by atoms with Gasteiger partial charge in [0, 0.05) is 11.1 Å². The number of benzene rings is 1. The molecule has 2 aromatic rings. The molecule has 0 amide bonds. The van der Waals surface area contributed by atoms with Crippen molar-refractivity contribution in [1.82, 2.24) is 20.2 Å². The highest BCUT2D eigenvalue weighted by Gasteiger charge is 2.15. The number of rotatable bonds is 2. The van der Waals surface area contributed by atoms with E-state index in [0.717, 1.165) is 16.9 Å². The van der Waals surface area contributed by atoms with E-state index in [1.165, 1.54) is 4.80 Å². The number of nitrogens with zero attached hydrogens (tertiary/aromatic N) is 4. The van der Waals surface area contributed by atoms with Crippen LogP contribution < -0.4 is 4.74 Å². The van der Waals surface area contributed by atoms with Crippen LogP contribution in [0.5, 0.6) is 5.75 Å². The van der Waals surface area contributed by atoms with E-state index >= 15 is 0 Å². The second-order valence-corrected chi connectivity index (χ2v) is 3.84. The van der Waals surface area contributed by atoms with Gasteiger partial charge in [-0.15, -0.1) is 16.6 Å². The maximum Gasteiger partial charge on any atom is 0.204 e. The quantitative estimate of drug-likeness (QED) is 0.739. The van der Waals surface area contributed by atoms with Crippen molar-refractivity contribution < 1.29 is 4.74 Å². The van der Waals surface area contributed by atoms with Crippen LogP contribution in [0.3, 0.4) is 0 Å². The van der Waals surface area contributed by atoms with Crippen LogP contribution in [-0.2, 0) is 6.54 Å². The van der Waals surface area contributed by atoms with Gasteiger partial charge < -0.3 is 4.74 Å². The van der Waals surface area contributed by atoms with E-state index in [-0.39, 0.29) is 0 Å². The average molecular weight is 238 g/mol. The maximum atomic E-state index is 5.63. The maximum absolute atomic E-state index is 5.63. The van der Waals surface area contributed by atoms with Crippen molar-refractivity contribution in [3.05, 3.63) is 35.7 Å². The summed E-state index contributed by atoms with van der Waals surface area (Å²) in [5, 5.41) is 12.0. The fourth-order valence-corrected chi connectivity index (χ4v) is 1.77. The van der Waals surface area contributed by atoms with Crippen LogP contribution in [-0.4, -0.2) is 26.8 Å². The molecule has 3 rings (SSSR count). The number of terminal acetylenes is 1. The third-order valence-electron chi connectivity index (χ3n) is 2.60. The van der Waals surface area contributed by atoms with Crippen LogP contribution in [0.15, 0.2) is 24.3 Å². The Hall–Kier alpha value is -2.61. The number of fused-ring (bicyclic) bond motifs is 1. The summed E-state index contributed by atoms with van der Waals surface area (Å²) in [6, 6.07) is 7.83. The van der Waals surface area contributed by atoms with Crippen molar-refractivity contribution in [3.63, 3.8) is 0 Å². The smallest absolute Gasteiger partial charge is 0.204 e. The van der Waals surface area contributed by atoms with E-state index in [9.17, 15) is 0 Å². The number of hydrogen-bond acceptors (Lipinski definition) is 4. The highest BCUT2D eigenvalue weighted by Crippen LogP contribution is 2.28. The van der Waals surface area contributed by atoms with Gasteiger partial charge in [0.1, 0.15) is 18.9 Å². The average Bonchev–Trinajstić information content (AvgIpc) is 2.87. The van der Waals surface area contributed by atoms with E-state index in [1.54, 1.807) is 0 Å². The second kappa shape index (κ2) is 4.34. The summed E-state index contributed by atoms with van der Waals surface area (Å²) in [6.07, 6.45) is 7.20. The first-order valence-electron chi connectivity index (χ1n) is 5.51. The Labute approximate surface area is 104 Å². The SMILES string of the molecule is C#CCn1nnc(C2=Cc3ccccc3OC2)n1. The molecule has 0 atom stereocenters. The molecule has 0 fully saturated rings. The van der Waals surface area contributed by atoms with Gasteiger partial charge in [-0.1, -0.05) is 24.1 Å². The molecule has 18 heavy (non-hydrogen) atoms. The van der Waals surface area contributed by atoms with Crippen LogP contribution >= 0.6 is 0 Å². The van der Waals surface area contributed by atoms with Gasteiger partial charge >= 0.3 is 0 Å². The molecule has 2 heterocycles. The molecule has 0 aliphatic carbocycles. The van der Waals surface area contributed by atoms with Gasteiger partial charge in [0.15, 0.2) is 0 Å². The summed E-state index contributed by atoms with van der Waals surface area (Å²) in [5.74, 6) is 3.89. The minimum Gasteiger partial charge on any atom is -0.488 e. The van der Waals surface area contributed by atoms with Gasteiger partial charge in [0.05, 0.1) is 0 Å². The highest BCUT2D eigenvalue weighted by molar-refractivity contribution is 5.82. The number of aromatic nitrogens is 4. The molecule has 0 unspecified atom stereocenters. The van der Waals surface area contributed by atoms with Crippen molar-refractivity contribution in [1.29, 1.82) is 0 Å². The summed E-state index contributed by atoms with van der Waals surface area (Å²) < 4.78 is 5.63. The minimum atomic E-state index is 0.317. The lowest BCUT2D eigenvalue weighted by molar-refractivity contribution is 0.365. The van der Waals surface area contributed by atoms with E-state index in [4.69, 9.17) is 11.2 Å². The lowest BCUT2D eigenvalue weighted by Crippen LogP contribution is -2.08. The van der Waals surface area contributed by atoms with Gasteiger partial charge in [-0.05, 0) is 17.4 Å². The van der Waals surface area contributed by atoms with Crippen molar-refractivity contribution in [2.75, 3.05) is 6.61 Å². The second-order valence-electron chi connectivity index (χ2n) is 3.84. The topological polar surface area (TPSA) is 52.8 Å². The molecule has 1 aromatic carbocycles. The van der Waals surface area contributed by atoms with E-state index in [0.29, 0.717) is 19.0 Å². The van der Waals surface area contributed by atoms with E-state index in [2.05, 4.69) is 21.3 Å². The molecule has 1 aromatic heterocycles. The molecule has 0 saturated carbocycles.